The normalized spacial score (nSPS) is 12.8. The molecule has 1 heterocycles. The summed E-state index contributed by atoms with van der Waals surface area (Å²) in [5.41, 5.74) is 0. The lowest BCUT2D eigenvalue weighted by Crippen LogP contribution is -2.20. The molecule has 1 unspecified atom stereocenters. The predicted octanol–water partition coefficient (Wildman–Crippen LogP) is 3.41. The standard InChI is InChI=1S/C10H11ClO2S2/c1-6(2)8(9(11)12)15-10(13)7-4-3-5-14-7/h3-6,8H,1-2H3. The zero-order valence-electron chi connectivity index (χ0n) is 8.40. The van der Waals surface area contributed by atoms with E-state index in [4.69, 9.17) is 11.6 Å². The molecule has 0 aliphatic carbocycles. The number of hydrogen-bond donors (Lipinski definition) is 0. The van der Waals surface area contributed by atoms with Crippen molar-refractivity contribution < 1.29 is 9.59 Å². The molecule has 1 aromatic heterocycles. The van der Waals surface area contributed by atoms with Gasteiger partial charge >= 0.3 is 0 Å². The molecule has 1 atom stereocenters. The van der Waals surface area contributed by atoms with Crippen LogP contribution in [0.25, 0.3) is 0 Å². The molecule has 0 radical (unpaired) electrons. The van der Waals surface area contributed by atoms with Gasteiger partial charge in [0.05, 0.1) is 10.1 Å². The van der Waals surface area contributed by atoms with Gasteiger partial charge in [-0.1, -0.05) is 31.7 Å². The SMILES string of the molecule is CC(C)C(SC(=O)c1cccs1)C(=O)Cl. The van der Waals surface area contributed by atoms with Crippen LogP contribution in [0.2, 0.25) is 0 Å². The molecule has 0 saturated heterocycles. The Kier molecular flexibility index (Phi) is 4.83. The van der Waals surface area contributed by atoms with Crippen molar-refractivity contribution >= 4 is 45.1 Å². The van der Waals surface area contributed by atoms with Crippen molar-refractivity contribution in [3.63, 3.8) is 0 Å². The van der Waals surface area contributed by atoms with Gasteiger partial charge in [0.15, 0.2) is 0 Å². The summed E-state index contributed by atoms with van der Waals surface area (Å²) < 4.78 is 0. The highest BCUT2D eigenvalue weighted by Crippen LogP contribution is 2.27. The Balaban J connectivity index is 2.67. The lowest BCUT2D eigenvalue weighted by atomic mass is 10.1. The van der Waals surface area contributed by atoms with Crippen LogP contribution in [-0.4, -0.2) is 15.6 Å². The number of thiophene rings is 1. The van der Waals surface area contributed by atoms with Crippen LogP contribution in [0.15, 0.2) is 17.5 Å². The zero-order chi connectivity index (χ0) is 11.4. The minimum absolute atomic E-state index is 0.0592. The fourth-order valence-electron chi connectivity index (χ4n) is 1.01. The molecule has 0 amide bonds. The fraction of sp³-hybridized carbons (Fsp3) is 0.400. The lowest BCUT2D eigenvalue weighted by molar-refractivity contribution is -0.111. The van der Waals surface area contributed by atoms with Gasteiger partial charge in [0.1, 0.15) is 0 Å². The molecule has 0 bridgehead atoms. The average Bonchev–Trinajstić information content (AvgIpc) is 2.65. The van der Waals surface area contributed by atoms with Gasteiger partial charge in [0.25, 0.3) is 0 Å². The molecule has 0 fully saturated rings. The molecule has 1 aromatic rings. The van der Waals surface area contributed by atoms with Gasteiger partial charge in [-0.25, -0.2) is 0 Å². The largest absolute Gasteiger partial charge is 0.281 e. The highest BCUT2D eigenvalue weighted by atomic mass is 35.5. The Bertz CT molecular complexity index is 346. The first-order valence-corrected chi connectivity index (χ1v) is 6.60. The maximum atomic E-state index is 11.7. The Morgan fingerprint density at radius 1 is 1.47 bits per heavy atom. The first-order chi connectivity index (χ1) is 7.02. The zero-order valence-corrected chi connectivity index (χ0v) is 10.8. The summed E-state index contributed by atoms with van der Waals surface area (Å²) in [4.78, 5) is 23.4. The third-order valence-electron chi connectivity index (χ3n) is 1.79. The summed E-state index contributed by atoms with van der Waals surface area (Å²) in [6.45, 7) is 3.75. The van der Waals surface area contributed by atoms with Crippen LogP contribution in [0.4, 0.5) is 0 Å². The maximum Gasteiger partial charge on any atom is 0.235 e. The van der Waals surface area contributed by atoms with E-state index < -0.39 is 10.5 Å². The van der Waals surface area contributed by atoms with Gasteiger partial charge in [-0.15, -0.1) is 11.3 Å². The van der Waals surface area contributed by atoms with Crippen molar-refractivity contribution in [1.82, 2.24) is 0 Å². The fourth-order valence-corrected chi connectivity index (χ4v) is 3.02. The predicted molar refractivity (Wildman–Crippen MR) is 65.7 cm³/mol. The molecule has 2 nitrogen and oxygen atoms in total. The van der Waals surface area contributed by atoms with Crippen molar-refractivity contribution in [2.24, 2.45) is 5.92 Å². The second kappa shape index (κ2) is 5.68. The number of thioether (sulfide) groups is 1. The van der Waals surface area contributed by atoms with E-state index in [9.17, 15) is 9.59 Å². The number of hydrogen-bond acceptors (Lipinski definition) is 4. The van der Waals surface area contributed by atoms with Crippen LogP contribution in [0, 0.1) is 5.92 Å². The number of carbonyl (C=O) groups is 2. The van der Waals surface area contributed by atoms with Crippen molar-refractivity contribution in [3.8, 4) is 0 Å². The second-order valence-corrected chi connectivity index (χ2v) is 5.79. The highest BCUT2D eigenvalue weighted by Gasteiger charge is 2.25. The first kappa shape index (κ1) is 12.7. The smallest absolute Gasteiger partial charge is 0.235 e. The molecular weight excluding hydrogens is 252 g/mol. The van der Waals surface area contributed by atoms with Crippen molar-refractivity contribution in [1.29, 1.82) is 0 Å². The molecular formula is C10H11ClO2S2. The molecule has 0 spiro atoms. The highest BCUT2D eigenvalue weighted by molar-refractivity contribution is 8.15. The van der Waals surface area contributed by atoms with Gasteiger partial charge in [-0.05, 0) is 29.0 Å². The monoisotopic (exact) mass is 262 g/mol. The van der Waals surface area contributed by atoms with E-state index in [0.29, 0.717) is 4.88 Å². The Hall–Kier alpha value is -0.320. The summed E-state index contributed by atoms with van der Waals surface area (Å²) in [5.74, 6) is 0.0592. The molecule has 0 saturated carbocycles. The van der Waals surface area contributed by atoms with Crippen LogP contribution in [0.5, 0.6) is 0 Å². The third kappa shape index (κ3) is 3.63. The van der Waals surface area contributed by atoms with Crippen molar-refractivity contribution in [2.75, 3.05) is 0 Å². The molecule has 0 N–H and O–H groups in total. The number of rotatable bonds is 4. The van der Waals surface area contributed by atoms with E-state index in [2.05, 4.69) is 0 Å². The Morgan fingerprint density at radius 2 is 2.13 bits per heavy atom. The minimum atomic E-state index is -0.458. The van der Waals surface area contributed by atoms with E-state index in [0.717, 1.165) is 11.8 Å². The van der Waals surface area contributed by atoms with Crippen molar-refractivity contribution in [3.05, 3.63) is 22.4 Å². The van der Waals surface area contributed by atoms with Crippen LogP contribution in [0.1, 0.15) is 23.5 Å². The van der Waals surface area contributed by atoms with E-state index in [1.807, 2.05) is 25.3 Å². The van der Waals surface area contributed by atoms with Gasteiger partial charge < -0.3 is 0 Å². The van der Waals surface area contributed by atoms with E-state index in [1.54, 1.807) is 6.07 Å². The van der Waals surface area contributed by atoms with E-state index >= 15 is 0 Å². The second-order valence-electron chi connectivity index (χ2n) is 3.35. The van der Waals surface area contributed by atoms with Gasteiger partial charge in [-0.3, -0.25) is 9.59 Å². The van der Waals surface area contributed by atoms with E-state index in [-0.39, 0.29) is 11.0 Å². The van der Waals surface area contributed by atoms with Gasteiger partial charge in [0, 0.05) is 0 Å². The van der Waals surface area contributed by atoms with E-state index in [1.165, 1.54) is 11.3 Å². The van der Waals surface area contributed by atoms with Gasteiger partial charge in [0.2, 0.25) is 10.4 Å². The van der Waals surface area contributed by atoms with Crippen LogP contribution in [-0.2, 0) is 4.79 Å². The summed E-state index contributed by atoms with van der Waals surface area (Å²) in [6, 6.07) is 3.56. The molecule has 82 valence electrons. The number of halogens is 1. The topological polar surface area (TPSA) is 34.1 Å². The Morgan fingerprint density at radius 3 is 2.53 bits per heavy atom. The minimum Gasteiger partial charge on any atom is -0.281 e. The third-order valence-corrected chi connectivity index (χ3v) is 4.59. The summed E-state index contributed by atoms with van der Waals surface area (Å²) in [5, 5.41) is 0.833. The molecule has 0 aliphatic heterocycles. The number of carbonyl (C=O) groups excluding carboxylic acids is 2. The molecule has 0 aromatic carbocycles. The summed E-state index contributed by atoms with van der Waals surface area (Å²) in [6.07, 6.45) is 0. The average molecular weight is 263 g/mol. The molecule has 0 aliphatic rings. The van der Waals surface area contributed by atoms with Crippen LogP contribution >= 0.6 is 34.7 Å². The summed E-state index contributed by atoms with van der Waals surface area (Å²) in [7, 11) is 0. The molecule has 1 rings (SSSR count). The van der Waals surface area contributed by atoms with Crippen LogP contribution in [0.3, 0.4) is 0 Å². The Labute approximate surface area is 102 Å². The van der Waals surface area contributed by atoms with Crippen LogP contribution < -0.4 is 0 Å². The van der Waals surface area contributed by atoms with Crippen molar-refractivity contribution in [2.45, 2.75) is 19.1 Å². The lowest BCUT2D eigenvalue weighted by Gasteiger charge is -2.13. The maximum absolute atomic E-state index is 11.7. The quantitative estimate of drug-likeness (QED) is 0.780. The first-order valence-electron chi connectivity index (χ1n) is 4.46. The molecule has 5 heteroatoms. The molecule has 15 heavy (non-hydrogen) atoms. The summed E-state index contributed by atoms with van der Waals surface area (Å²) >= 11 is 7.82. The van der Waals surface area contributed by atoms with Gasteiger partial charge in [-0.2, -0.15) is 0 Å².